The monoisotopic (exact) mass is 397 g/mol. The normalized spacial score (nSPS) is 10.8. The highest BCUT2D eigenvalue weighted by atomic mass is 79.9. The predicted octanol–water partition coefficient (Wildman–Crippen LogP) is 3.64. The van der Waals surface area contributed by atoms with Crippen LogP contribution in [0.4, 0.5) is 5.69 Å². The Bertz CT molecular complexity index is 688. The molecule has 0 saturated carbocycles. The number of hydrogen-bond donors (Lipinski definition) is 1. The minimum absolute atomic E-state index is 0.0569. The number of amides is 1. The molecule has 0 aliphatic carbocycles. The molecule has 0 unspecified atom stereocenters. The molecule has 0 bridgehead atoms. The molecule has 2 rings (SSSR count). The van der Waals surface area contributed by atoms with E-state index in [1.165, 1.54) is 11.8 Å². The quantitative estimate of drug-likeness (QED) is 0.724. The number of benzene rings is 1. The van der Waals surface area contributed by atoms with E-state index < -0.39 is 0 Å². The Morgan fingerprint density at radius 3 is 2.83 bits per heavy atom. The molecule has 0 spiro atoms. The summed E-state index contributed by atoms with van der Waals surface area (Å²) in [6.07, 6.45) is 0. The van der Waals surface area contributed by atoms with Crippen molar-refractivity contribution in [2.24, 2.45) is 0 Å². The lowest BCUT2D eigenvalue weighted by Crippen LogP contribution is -2.15. The third-order valence-corrected chi connectivity index (χ3v) is 5.09. The fourth-order valence-electron chi connectivity index (χ4n) is 2.06. The first-order valence-electron chi connectivity index (χ1n) is 7.22. The third-order valence-electron chi connectivity index (χ3n) is 3.42. The number of hydrogen-bond acceptors (Lipinski definition) is 4. The molecule has 0 aliphatic heterocycles. The van der Waals surface area contributed by atoms with Crippen LogP contribution in [0, 0.1) is 13.8 Å². The lowest BCUT2D eigenvalue weighted by atomic mass is 10.3. The maximum Gasteiger partial charge on any atom is 0.234 e. The van der Waals surface area contributed by atoms with Crippen LogP contribution in [0.3, 0.4) is 0 Å². The molecule has 23 heavy (non-hydrogen) atoms. The molecule has 5 nitrogen and oxygen atoms in total. The molecular formula is C16H20BrN3O2S. The number of rotatable bonds is 7. The van der Waals surface area contributed by atoms with Gasteiger partial charge in [0.25, 0.3) is 0 Å². The van der Waals surface area contributed by atoms with Crippen LogP contribution in [0.25, 0.3) is 0 Å². The van der Waals surface area contributed by atoms with Crippen LogP contribution in [0.2, 0.25) is 0 Å². The molecule has 0 atom stereocenters. The zero-order valence-corrected chi connectivity index (χ0v) is 15.8. The minimum atomic E-state index is -0.0569. The van der Waals surface area contributed by atoms with Gasteiger partial charge >= 0.3 is 0 Å². The van der Waals surface area contributed by atoms with Gasteiger partial charge in [0.2, 0.25) is 5.91 Å². The number of halogens is 1. The maximum atomic E-state index is 12.1. The van der Waals surface area contributed by atoms with Crippen molar-refractivity contribution < 1.29 is 9.53 Å². The van der Waals surface area contributed by atoms with Crippen molar-refractivity contribution >= 4 is 39.3 Å². The van der Waals surface area contributed by atoms with Crippen molar-refractivity contribution in [3.05, 3.63) is 40.1 Å². The first-order valence-corrected chi connectivity index (χ1v) is 9.00. The molecule has 0 radical (unpaired) electrons. The smallest absolute Gasteiger partial charge is 0.234 e. The Balaban J connectivity index is 1.99. The van der Waals surface area contributed by atoms with Gasteiger partial charge in [0.05, 0.1) is 23.7 Å². The summed E-state index contributed by atoms with van der Waals surface area (Å²) in [5, 5.41) is 3.74. The van der Waals surface area contributed by atoms with Gasteiger partial charge in [-0.25, -0.2) is 4.98 Å². The summed E-state index contributed by atoms with van der Waals surface area (Å²) in [7, 11) is 1.68. The van der Waals surface area contributed by atoms with Gasteiger partial charge in [-0.05, 0) is 41.9 Å². The summed E-state index contributed by atoms with van der Waals surface area (Å²) >= 11 is 4.86. The average Bonchev–Trinajstić information content (AvgIpc) is 2.80. The molecule has 7 heteroatoms. The van der Waals surface area contributed by atoms with E-state index in [4.69, 9.17) is 4.74 Å². The molecule has 1 aromatic heterocycles. The van der Waals surface area contributed by atoms with Crippen LogP contribution >= 0.6 is 27.7 Å². The van der Waals surface area contributed by atoms with E-state index in [2.05, 4.69) is 30.8 Å². The van der Waals surface area contributed by atoms with E-state index in [9.17, 15) is 4.79 Å². The number of ether oxygens (including phenoxy) is 1. The second-order valence-electron chi connectivity index (χ2n) is 5.03. The molecule has 1 N–H and O–H groups in total. The van der Waals surface area contributed by atoms with E-state index in [0.29, 0.717) is 12.4 Å². The first-order chi connectivity index (χ1) is 11.0. The Morgan fingerprint density at radius 1 is 1.39 bits per heavy atom. The lowest BCUT2D eigenvalue weighted by Gasteiger charge is -2.10. The van der Waals surface area contributed by atoms with Gasteiger partial charge in [0.1, 0.15) is 0 Å². The topological polar surface area (TPSA) is 56.1 Å². The highest BCUT2D eigenvalue weighted by Gasteiger charge is 2.13. The molecular weight excluding hydrogens is 378 g/mol. The lowest BCUT2D eigenvalue weighted by molar-refractivity contribution is -0.113. The summed E-state index contributed by atoms with van der Waals surface area (Å²) in [5.74, 6) is 0.253. The standard InChI is InChI=1S/C16H20BrN3O2S/c1-11-12(2)20(8-9-22-3)16(18-11)23-10-15(21)19-14-7-5-4-6-13(14)17/h4-7H,8-10H2,1-3H3,(H,19,21). The van der Waals surface area contributed by atoms with Crippen LogP contribution in [0.15, 0.2) is 33.9 Å². The Labute approximate surface area is 148 Å². The number of carbonyl (C=O) groups is 1. The number of thioether (sulfide) groups is 1. The number of methoxy groups -OCH3 is 1. The van der Waals surface area contributed by atoms with Crippen molar-refractivity contribution in [2.45, 2.75) is 25.5 Å². The number of para-hydroxylation sites is 1. The van der Waals surface area contributed by atoms with Gasteiger partial charge < -0.3 is 14.6 Å². The van der Waals surface area contributed by atoms with Crippen molar-refractivity contribution in [2.75, 3.05) is 24.8 Å². The van der Waals surface area contributed by atoms with Gasteiger partial charge in [0.15, 0.2) is 5.16 Å². The van der Waals surface area contributed by atoms with Gasteiger partial charge in [-0.15, -0.1) is 0 Å². The third kappa shape index (κ3) is 4.83. The molecule has 2 aromatic rings. The second-order valence-corrected chi connectivity index (χ2v) is 6.82. The van der Waals surface area contributed by atoms with E-state index in [-0.39, 0.29) is 5.91 Å². The minimum Gasteiger partial charge on any atom is -0.383 e. The number of nitrogens with zero attached hydrogens (tertiary/aromatic N) is 2. The predicted molar refractivity (Wildman–Crippen MR) is 97.1 cm³/mol. The van der Waals surface area contributed by atoms with Crippen LogP contribution < -0.4 is 5.32 Å². The van der Waals surface area contributed by atoms with Crippen LogP contribution in [0.1, 0.15) is 11.4 Å². The van der Waals surface area contributed by atoms with Gasteiger partial charge in [-0.2, -0.15) is 0 Å². The van der Waals surface area contributed by atoms with Crippen LogP contribution in [0.5, 0.6) is 0 Å². The number of aryl methyl sites for hydroxylation is 1. The largest absolute Gasteiger partial charge is 0.383 e. The van der Waals surface area contributed by atoms with Crippen LogP contribution in [-0.4, -0.2) is 34.9 Å². The number of anilines is 1. The van der Waals surface area contributed by atoms with Crippen LogP contribution in [-0.2, 0) is 16.1 Å². The number of aromatic nitrogens is 2. The maximum absolute atomic E-state index is 12.1. The zero-order chi connectivity index (χ0) is 16.8. The summed E-state index contributed by atoms with van der Waals surface area (Å²) < 4.78 is 8.10. The summed E-state index contributed by atoms with van der Waals surface area (Å²) in [4.78, 5) is 16.7. The molecule has 1 heterocycles. The summed E-state index contributed by atoms with van der Waals surface area (Å²) in [6.45, 7) is 5.36. The number of imidazole rings is 1. The zero-order valence-electron chi connectivity index (χ0n) is 13.4. The Hall–Kier alpha value is -1.31. The SMILES string of the molecule is COCCn1c(SCC(=O)Nc2ccccc2Br)nc(C)c1C. The molecule has 0 saturated heterocycles. The molecule has 1 aromatic carbocycles. The highest BCUT2D eigenvalue weighted by Crippen LogP contribution is 2.23. The number of carbonyl (C=O) groups excluding carboxylic acids is 1. The summed E-state index contributed by atoms with van der Waals surface area (Å²) in [6, 6.07) is 7.55. The van der Waals surface area contributed by atoms with Crippen molar-refractivity contribution in [1.82, 2.24) is 9.55 Å². The molecule has 124 valence electrons. The molecule has 1 amide bonds. The van der Waals surface area contributed by atoms with Gasteiger partial charge in [0, 0.05) is 23.8 Å². The number of nitrogens with one attached hydrogen (secondary N) is 1. The van der Waals surface area contributed by atoms with Crippen molar-refractivity contribution in [1.29, 1.82) is 0 Å². The van der Waals surface area contributed by atoms with Gasteiger partial charge in [-0.1, -0.05) is 23.9 Å². The fraction of sp³-hybridized carbons (Fsp3) is 0.375. The van der Waals surface area contributed by atoms with Gasteiger partial charge in [-0.3, -0.25) is 4.79 Å². The van der Waals surface area contributed by atoms with E-state index in [1.807, 2.05) is 38.1 Å². The molecule has 0 fully saturated rings. The van der Waals surface area contributed by atoms with E-state index in [0.717, 1.165) is 33.2 Å². The van der Waals surface area contributed by atoms with E-state index >= 15 is 0 Å². The molecule has 0 aliphatic rings. The second kappa shape index (κ2) is 8.52. The fourth-order valence-corrected chi connectivity index (χ4v) is 3.36. The Morgan fingerprint density at radius 2 is 2.13 bits per heavy atom. The summed E-state index contributed by atoms with van der Waals surface area (Å²) in [5.41, 5.74) is 2.86. The Kier molecular flexibility index (Phi) is 6.68. The van der Waals surface area contributed by atoms with Crippen molar-refractivity contribution in [3.63, 3.8) is 0 Å². The highest BCUT2D eigenvalue weighted by molar-refractivity contribution is 9.10. The first kappa shape index (κ1) is 18.0. The average molecular weight is 398 g/mol. The van der Waals surface area contributed by atoms with E-state index in [1.54, 1.807) is 7.11 Å². The van der Waals surface area contributed by atoms with Crippen molar-refractivity contribution in [3.8, 4) is 0 Å².